The highest BCUT2D eigenvalue weighted by atomic mass is 32.2. The number of nitrogens with zero attached hydrogens (tertiary/aromatic N) is 5. The molecule has 1 aromatic heterocycles. The third-order valence-electron chi connectivity index (χ3n) is 5.35. The summed E-state index contributed by atoms with van der Waals surface area (Å²) < 4.78 is 9.30. The number of non-ortho nitro benzene ring substituents is 1. The van der Waals surface area contributed by atoms with Crippen molar-refractivity contribution in [2.24, 2.45) is 0 Å². The third kappa shape index (κ3) is 3.90. The summed E-state index contributed by atoms with van der Waals surface area (Å²) in [5.41, 5.74) is 0.557. The second-order valence-electron chi connectivity index (χ2n) is 7.58. The zero-order valence-corrected chi connectivity index (χ0v) is 18.0. The number of esters is 2. The zero-order valence-electron chi connectivity index (χ0n) is 17.2. The summed E-state index contributed by atoms with van der Waals surface area (Å²) in [6.45, 7) is 1.89. The van der Waals surface area contributed by atoms with Crippen molar-refractivity contribution < 1.29 is 28.8 Å². The highest BCUT2D eigenvalue weighted by molar-refractivity contribution is 8.01. The lowest BCUT2D eigenvalue weighted by atomic mass is 9.96. The lowest BCUT2D eigenvalue weighted by Gasteiger charge is -2.37. The van der Waals surface area contributed by atoms with Crippen LogP contribution in [0.3, 0.4) is 0 Å². The monoisotopic (exact) mass is 461 g/mol. The number of amides is 1. The molecule has 1 amide bonds. The Hall–Kier alpha value is -3.48. The van der Waals surface area contributed by atoms with Gasteiger partial charge in [-0.3, -0.25) is 14.9 Å². The van der Waals surface area contributed by atoms with Gasteiger partial charge in [0.05, 0.1) is 41.3 Å². The smallest absolute Gasteiger partial charge is 0.360 e. The number of carbonyl (C=O) groups excluding carboxylic acids is 3. The van der Waals surface area contributed by atoms with Crippen molar-refractivity contribution in [3.05, 3.63) is 51.8 Å². The van der Waals surface area contributed by atoms with Crippen LogP contribution in [0, 0.1) is 10.1 Å². The second-order valence-corrected chi connectivity index (χ2v) is 9.29. The van der Waals surface area contributed by atoms with E-state index in [4.69, 9.17) is 4.74 Å². The van der Waals surface area contributed by atoms with E-state index in [-0.39, 0.29) is 35.8 Å². The summed E-state index contributed by atoms with van der Waals surface area (Å²) in [7, 11) is 1.24. The van der Waals surface area contributed by atoms with Crippen LogP contribution in [0.15, 0.2) is 30.5 Å². The number of thioether (sulfide) groups is 1. The van der Waals surface area contributed by atoms with E-state index in [1.54, 1.807) is 0 Å². The van der Waals surface area contributed by atoms with Gasteiger partial charge in [-0.05, 0) is 24.6 Å². The fraction of sp³-hybridized carbons (Fsp3) is 0.421. The predicted octanol–water partition coefficient (Wildman–Crippen LogP) is 1.15. The van der Waals surface area contributed by atoms with E-state index in [9.17, 15) is 24.5 Å². The van der Waals surface area contributed by atoms with Gasteiger partial charge in [0.2, 0.25) is 5.91 Å². The molecule has 0 saturated carbocycles. The molecule has 168 valence electrons. The van der Waals surface area contributed by atoms with Crippen molar-refractivity contribution in [3.63, 3.8) is 0 Å². The molecule has 2 saturated heterocycles. The van der Waals surface area contributed by atoms with Crippen LogP contribution in [-0.4, -0.2) is 65.9 Å². The fourth-order valence-corrected chi connectivity index (χ4v) is 5.49. The topological polar surface area (TPSA) is 147 Å². The maximum absolute atomic E-state index is 13.0. The number of rotatable bonds is 7. The first-order valence-electron chi connectivity index (χ1n) is 9.59. The highest BCUT2D eigenvalue weighted by Gasteiger charge is 2.61. The Morgan fingerprint density at radius 1 is 1.34 bits per heavy atom. The Bertz CT molecular complexity index is 1090. The van der Waals surface area contributed by atoms with E-state index in [1.165, 1.54) is 59.0 Å². The van der Waals surface area contributed by atoms with Crippen molar-refractivity contribution >= 4 is 35.3 Å². The van der Waals surface area contributed by atoms with Crippen molar-refractivity contribution in [1.82, 2.24) is 19.9 Å². The molecule has 2 aliphatic rings. The first-order chi connectivity index (χ1) is 15.2. The molecule has 2 fully saturated rings. The van der Waals surface area contributed by atoms with Crippen LogP contribution in [0.25, 0.3) is 0 Å². The summed E-state index contributed by atoms with van der Waals surface area (Å²) >= 11 is 1.46. The fourth-order valence-electron chi connectivity index (χ4n) is 3.77. The van der Waals surface area contributed by atoms with Gasteiger partial charge in [0, 0.05) is 12.1 Å². The maximum Gasteiger partial charge on any atom is 0.360 e. The van der Waals surface area contributed by atoms with E-state index in [0.29, 0.717) is 12.0 Å². The Kier molecular flexibility index (Phi) is 5.59. The van der Waals surface area contributed by atoms with Gasteiger partial charge in [-0.2, -0.15) is 9.90 Å². The molecule has 0 N–H and O–H groups in total. The summed E-state index contributed by atoms with van der Waals surface area (Å²) in [4.78, 5) is 50.0. The number of nitro benzene ring substituents is 1. The average molecular weight is 461 g/mol. The summed E-state index contributed by atoms with van der Waals surface area (Å²) in [5, 5.41) is 18.8. The first kappa shape index (κ1) is 21.7. The molecule has 2 aromatic rings. The molecular formula is C19H19N5O7S. The van der Waals surface area contributed by atoms with E-state index in [1.807, 2.05) is 6.92 Å². The van der Waals surface area contributed by atoms with Crippen LogP contribution in [0.2, 0.25) is 0 Å². The Labute approximate surface area is 186 Å². The van der Waals surface area contributed by atoms with E-state index in [0.717, 1.165) is 0 Å². The van der Waals surface area contributed by atoms with Crippen LogP contribution < -0.4 is 0 Å². The SMILES string of the molecule is COC(=O)c1cnn(C[C@]2(C)S[C@@H]3CC(=O)N3[C@H]2C(=O)OCc2ccc([N+](=O)[O-])cc2)n1. The van der Waals surface area contributed by atoms with Gasteiger partial charge in [0.1, 0.15) is 12.6 Å². The molecule has 4 rings (SSSR count). The van der Waals surface area contributed by atoms with Crippen molar-refractivity contribution in [1.29, 1.82) is 0 Å². The Balaban J connectivity index is 1.49. The van der Waals surface area contributed by atoms with E-state index >= 15 is 0 Å². The van der Waals surface area contributed by atoms with Gasteiger partial charge < -0.3 is 14.4 Å². The maximum atomic E-state index is 13.0. The van der Waals surface area contributed by atoms with Crippen LogP contribution >= 0.6 is 11.8 Å². The molecular weight excluding hydrogens is 442 g/mol. The number of hydrogen-bond acceptors (Lipinski definition) is 10. The zero-order chi connectivity index (χ0) is 23.0. The van der Waals surface area contributed by atoms with Crippen LogP contribution in [-0.2, 0) is 32.2 Å². The number of carbonyl (C=O) groups is 3. The molecule has 12 nitrogen and oxygen atoms in total. The number of benzene rings is 1. The number of nitro groups is 1. The minimum atomic E-state index is -0.871. The molecule has 0 spiro atoms. The predicted molar refractivity (Wildman–Crippen MR) is 109 cm³/mol. The molecule has 0 bridgehead atoms. The molecule has 13 heteroatoms. The lowest BCUT2D eigenvalue weighted by Crippen LogP contribution is -2.58. The average Bonchev–Trinajstić information content (AvgIpc) is 3.31. The number of ether oxygens (including phenoxy) is 2. The third-order valence-corrected chi connectivity index (χ3v) is 6.90. The van der Waals surface area contributed by atoms with Gasteiger partial charge in [0.15, 0.2) is 5.69 Å². The number of hydrogen-bond donors (Lipinski definition) is 0. The van der Waals surface area contributed by atoms with E-state index < -0.39 is 27.7 Å². The minimum Gasteiger partial charge on any atom is -0.464 e. The Morgan fingerprint density at radius 2 is 2.06 bits per heavy atom. The molecule has 0 aliphatic carbocycles. The van der Waals surface area contributed by atoms with Gasteiger partial charge in [-0.1, -0.05) is 0 Å². The molecule has 2 aliphatic heterocycles. The van der Waals surface area contributed by atoms with Crippen molar-refractivity contribution in [2.45, 2.75) is 42.7 Å². The summed E-state index contributed by atoms with van der Waals surface area (Å²) in [6, 6.07) is 4.80. The van der Waals surface area contributed by atoms with Crippen molar-refractivity contribution in [2.75, 3.05) is 7.11 Å². The Morgan fingerprint density at radius 3 is 2.69 bits per heavy atom. The van der Waals surface area contributed by atoms with Crippen molar-refractivity contribution in [3.8, 4) is 0 Å². The standard InChI is InChI=1S/C19H19N5O7S/c1-19(10-22-20-8-13(21-22)17(26)30-2)16(23-14(25)7-15(23)32-19)18(27)31-9-11-3-5-12(6-4-11)24(28)29/h3-6,8,15-16H,7,9-10H2,1-2H3/t15-,16+,19+/m1/s1. The molecule has 0 unspecified atom stereocenters. The van der Waals surface area contributed by atoms with Crippen LogP contribution in [0.1, 0.15) is 29.4 Å². The normalized spacial score (nSPS) is 23.9. The molecule has 0 radical (unpaired) electrons. The lowest BCUT2D eigenvalue weighted by molar-refractivity contribution is -0.384. The second kappa shape index (κ2) is 8.22. The minimum absolute atomic E-state index is 0.0377. The van der Waals surface area contributed by atoms with Gasteiger partial charge in [-0.25, -0.2) is 9.59 Å². The van der Waals surface area contributed by atoms with Gasteiger partial charge in [0.25, 0.3) is 5.69 Å². The number of fused-ring (bicyclic) bond motifs is 1. The van der Waals surface area contributed by atoms with Gasteiger partial charge >= 0.3 is 11.9 Å². The molecule has 3 heterocycles. The number of β-lactam (4-membered cyclic amide) rings is 1. The molecule has 3 atom stereocenters. The number of aromatic nitrogens is 3. The first-order valence-corrected chi connectivity index (χ1v) is 10.5. The summed E-state index contributed by atoms with van der Waals surface area (Å²) in [6.07, 6.45) is 1.60. The van der Waals surface area contributed by atoms with Crippen LogP contribution in [0.4, 0.5) is 5.69 Å². The molecule has 32 heavy (non-hydrogen) atoms. The number of methoxy groups -OCH3 is 1. The molecule has 1 aromatic carbocycles. The summed E-state index contributed by atoms with van der Waals surface area (Å²) in [5.74, 6) is -1.36. The van der Waals surface area contributed by atoms with E-state index in [2.05, 4.69) is 14.9 Å². The largest absolute Gasteiger partial charge is 0.464 e. The van der Waals surface area contributed by atoms with Gasteiger partial charge in [-0.15, -0.1) is 16.9 Å². The van der Waals surface area contributed by atoms with Crippen LogP contribution in [0.5, 0.6) is 0 Å². The quantitative estimate of drug-likeness (QED) is 0.254. The highest BCUT2D eigenvalue weighted by Crippen LogP contribution is 2.51.